The number of ether oxygens (including phenoxy) is 1. The van der Waals surface area contributed by atoms with Gasteiger partial charge in [0.2, 0.25) is 0 Å². The number of rotatable bonds is 3. The van der Waals surface area contributed by atoms with E-state index < -0.39 is 0 Å². The molecule has 3 heteroatoms. The van der Waals surface area contributed by atoms with Crippen LogP contribution in [0.5, 0.6) is 0 Å². The third kappa shape index (κ3) is 1.82. The lowest BCUT2D eigenvalue weighted by Gasteiger charge is -2.22. The molecule has 0 fully saturated rings. The predicted molar refractivity (Wildman–Crippen MR) is 53.8 cm³/mol. The van der Waals surface area contributed by atoms with Crippen LogP contribution in [-0.2, 0) is 4.74 Å². The van der Waals surface area contributed by atoms with Crippen molar-refractivity contribution < 1.29 is 9.15 Å². The largest absolute Gasteiger partial charge is 0.496 e. The van der Waals surface area contributed by atoms with E-state index in [1.54, 1.807) is 12.5 Å². The van der Waals surface area contributed by atoms with E-state index in [9.17, 15) is 0 Å². The molecule has 3 nitrogen and oxygen atoms in total. The van der Waals surface area contributed by atoms with Gasteiger partial charge in [-0.3, -0.25) is 0 Å². The van der Waals surface area contributed by atoms with Crippen molar-refractivity contribution in [2.24, 2.45) is 0 Å². The van der Waals surface area contributed by atoms with E-state index in [0.717, 1.165) is 30.8 Å². The van der Waals surface area contributed by atoms with Gasteiger partial charge >= 0.3 is 0 Å². The van der Waals surface area contributed by atoms with Crippen LogP contribution < -0.4 is 5.32 Å². The number of hydrogen-bond acceptors (Lipinski definition) is 3. The Morgan fingerprint density at radius 3 is 3.00 bits per heavy atom. The Morgan fingerprint density at radius 2 is 2.43 bits per heavy atom. The van der Waals surface area contributed by atoms with Crippen LogP contribution in [0, 0.1) is 0 Å². The molecule has 76 valence electrons. The van der Waals surface area contributed by atoms with E-state index in [1.807, 2.05) is 13.1 Å². The molecule has 0 saturated heterocycles. The van der Waals surface area contributed by atoms with Crippen LogP contribution in [0.2, 0.25) is 0 Å². The molecule has 0 amide bonds. The molecule has 0 saturated carbocycles. The van der Waals surface area contributed by atoms with Crippen molar-refractivity contribution in [3.8, 4) is 0 Å². The first-order chi connectivity index (χ1) is 6.92. The molecule has 1 aliphatic rings. The first kappa shape index (κ1) is 9.34. The summed E-state index contributed by atoms with van der Waals surface area (Å²) in [5.74, 6) is 1.01. The molecule has 0 spiro atoms. The molecule has 1 unspecified atom stereocenters. The Balaban J connectivity index is 2.16. The van der Waals surface area contributed by atoms with Gasteiger partial charge in [0.25, 0.3) is 0 Å². The highest BCUT2D eigenvalue weighted by molar-refractivity contribution is 5.22. The summed E-state index contributed by atoms with van der Waals surface area (Å²) in [6, 6.07) is 2.09. The zero-order valence-corrected chi connectivity index (χ0v) is 8.32. The summed E-state index contributed by atoms with van der Waals surface area (Å²) in [6.45, 7) is 0.821. The zero-order valence-electron chi connectivity index (χ0n) is 8.32. The van der Waals surface area contributed by atoms with Crippen molar-refractivity contribution in [3.63, 3.8) is 0 Å². The van der Waals surface area contributed by atoms with Gasteiger partial charge in [0, 0.05) is 5.56 Å². The zero-order chi connectivity index (χ0) is 9.80. The number of furan rings is 1. The molecule has 2 rings (SSSR count). The highest BCUT2D eigenvalue weighted by Crippen LogP contribution is 2.25. The maximum absolute atomic E-state index is 5.61. The van der Waals surface area contributed by atoms with Crippen LogP contribution in [0.15, 0.2) is 34.8 Å². The third-order valence-electron chi connectivity index (χ3n) is 2.41. The highest BCUT2D eigenvalue weighted by atomic mass is 16.5. The van der Waals surface area contributed by atoms with Crippen molar-refractivity contribution in [3.05, 3.63) is 36.0 Å². The summed E-state index contributed by atoms with van der Waals surface area (Å²) < 4.78 is 10.7. The maximum atomic E-state index is 5.61. The topological polar surface area (TPSA) is 34.4 Å². The normalized spacial score (nSPS) is 18.5. The lowest BCUT2D eigenvalue weighted by Crippen LogP contribution is -2.21. The monoisotopic (exact) mass is 193 g/mol. The van der Waals surface area contributed by atoms with Gasteiger partial charge in [-0.25, -0.2) is 0 Å². The molecular formula is C11H15NO2. The van der Waals surface area contributed by atoms with Gasteiger partial charge in [0.1, 0.15) is 5.76 Å². The Bertz CT molecular complexity index is 303. The van der Waals surface area contributed by atoms with Crippen LogP contribution in [0.1, 0.15) is 24.4 Å². The molecule has 2 heterocycles. The molecule has 14 heavy (non-hydrogen) atoms. The van der Waals surface area contributed by atoms with E-state index in [0.29, 0.717) is 0 Å². The quantitative estimate of drug-likeness (QED) is 0.799. The predicted octanol–water partition coefficient (Wildman–Crippen LogP) is 2.23. The molecule has 1 atom stereocenters. The van der Waals surface area contributed by atoms with E-state index in [4.69, 9.17) is 9.15 Å². The molecule has 1 N–H and O–H groups in total. The first-order valence-electron chi connectivity index (χ1n) is 4.94. The van der Waals surface area contributed by atoms with Gasteiger partial charge in [-0.2, -0.15) is 0 Å². The van der Waals surface area contributed by atoms with Crippen LogP contribution in [0.4, 0.5) is 0 Å². The molecule has 0 aliphatic carbocycles. The summed E-state index contributed by atoms with van der Waals surface area (Å²) >= 11 is 0. The van der Waals surface area contributed by atoms with E-state index in [-0.39, 0.29) is 6.04 Å². The van der Waals surface area contributed by atoms with Crippen molar-refractivity contribution in [2.45, 2.75) is 18.9 Å². The minimum atomic E-state index is 0.133. The fourth-order valence-electron chi connectivity index (χ4n) is 1.69. The average Bonchev–Trinajstić information content (AvgIpc) is 2.74. The Labute approximate surface area is 83.7 Å². The van der Waals surface area contributed by atoms with Gasteiger partial charge < -0.3 is 14.5 Å². The van der Waals surface area contributed by atoms with Crippen LogP contribution in [0.3, 0.4) is 0 Å². The fourth-order valence-corrected chi connectivity index (χ4v) is 1.69. The molecule has 0 aromatic carbocycles. The van der Waals surface area contributed by atoms with E-state index >= 15 is 0 Å². The molecule has 0 radical (unpaired) electrons. The highest BCUT2D eigenvalue weighted by Gasteiger charge is 2.18. The molecule has 1 aromatic heterocycles. The Hall–Kier alpha value is -1.22. The molecular weight excluding hydrogens is 178 g/mol. The molecule has 0 bridgehead atoms. The number of allylic oxidation sites excluding steroid dienone is 1. The van der Waals surface area contributed by atoms with Gasteiger partial charge in [0.05, 0.1) is 25.2 Å². The summed E-state index contributed by atoms with van der Waals surface area (Å²) in [4.78, 5) is 0. The van der Waals surface area contributed by atoms with Gasteiger partial charge in [-0.1, -0.05) is 0 Å². The summed E-state index contributed by atoms with van der Waals surface area (Å²) in [7, 11) is 1.93. The minimum Gasteiger partial charge on any atom is -0.496 e. The lowest BCUT2D eigenvalue weighted by atomic mass is 10.1. The van der Waals surface area contributed by atoms with E-state index in [1.165, 1.54) is 0 Å². The van der Waals surface area contributed by atoms with Crippen LogP contribution >= 0.6 is 0 Å². The second-order valence-electron chi connectivity index (χ2n) is 3.38. The van der Waals surface area contributed by atoms with Crippen molar-refractivity contribution in [1.29, 1.82) is 0 Å². The third-order valence-corrected chi connectivity index (χ3v) is 2.41. The van der Waals surface area contributed by atoms with Gasteiger partial charge in [0.15, 0.2) is 0 Å². The minimum absolute atomic E-state index is 0.133. The first-order valence-corrected chi connectivity index (χ1v) is 4.94. The molecule has 1 aliphatic heterocycles. The fraction of sp³-hybridized carbons (Fsp3) is 0.455. The number of likely N-dealkylation sites (N-methyl/N-ethyl adjacent to an activating group) is 1. The van der Waals surface area contributed by atoms with E-state index in [2.05, 4.69) is 11.4 Å². The smallest absolute Gasteiger partial charge is 0.114 e. The van der Waals surface area contributed by atoms with Crippen molar-refractivity contribution in [2.75, 3.05) is 13.7 Å². The van der Waals surface area contributed by atoms with Crippen molar-refractivity contribution in [1.82, 2.24) is 5.32 Å². The van der Waals surface area contributed by atoms with Gasteiger partial charge in [-0.15, -0.1) is 0 Å². The molecule has 1 aromatic rings. The number of nitrogens with one attached hydrogen (secondary N) is 1. The standard InChI is InChI=1S/C11H15NO2/c1-12-11(9-5-7-13-8-9)10-4-2-3-6-14-10/h4-5,7-8,11-12H,2-3,6H2,1H3. The van der Waals surface area contributed by atoms with Gasteiger partial charge in [-0.05, 0) is 32.0 Å². The Morgan fingerprint density at radius 1 is 1.50 bits per heavy atom. The second-order valence-corrected chi connectivity index (χ2v) is 3.38. The Kier molecular flexibility index (Phi) is 2.89. The van der Waals surface area contributed by atoms with Crippen LogP contribution in [-0.4, -0.2) is 13.7 Å². The van der Waals surface area contributed by atoms with Crippen molar-refractivity contribution >= 4 is 0 Å². The maximum Gasteiger partial charge on any atom is 0.114 e. The summed E-state index contributed by atoms with van der Waals surface area (Å²) in [5, 5.41) is 3.22. The summed E-state index contributed by atoms with van der Waals surface area (Å²) in [5.41, 5.74) is 1.11. The number of hydrogen-bond donors (Lipinski definition) is 1. The second kappa shape index (κ2) is 4.33. The average molecular weight is 193 g/mol. The summed E-state index contributed by atoms with van der Waals surface area (Å²) in [6.07, 6.45) is 7.80. The van der Waals surface area contributed by atoms with Crippen LogP contribution in [0.25, 0.3) is 0 Å². The lowest BCUT2D eigenvalue weighted by molar-refractivity contribution is 0.169. The SMILES string of the molecule is CNC(C1=CCCCO1)c1ccoc1.